The van der Waals surface area contributed by atoms with Gasteiger partial charge in [-0.3, -0.25) is 9.88 Å². The summed E-state index contributed by atoms with van der Waals surface area (Å²) in [4.78, 5) is 12.8. The lowest BCUT2D eigenvalue weighted by atomic mass is 10.1. The van der Waals surface area contributed by atoms with Crippen molar-refractivity contribution in [2.24, 2.45) is 0 Å². The Hall–Kier alpha value is -0.270. The number of hydrogen-bond acceptors (Lipinski definition) is 7. The van der Waals surface area contributed by atoms with E-state index in [1.807, 2.05) is 0 Å². The van der Waals surface area contributed by atoms with Gasteiger partial charge in [0.25, 0.3) is 7.82 Å². The Morgan fingerprint density at radius 3 is 1.97 bits per heavy atom. The molecule has 2 N–H and O–H groups in total. The van der Waals surface area contributed by atoms with E-state index in [0.29, 0.717) is 6.54 Å². The summed E-state index contributed by atoms with van der Waals surface area (Å²) in [5.74, 6) is 0. The van der Waals surface area contributed by atoms with Gasteiger partial charge in [0.15, 0.2) is 0 Å². The number of unbranched alkanes of at least 4 members (excludes halogenated alkanes) is 11. The number of phosphoric ester groups is 1. The first-order chi connectivity index (χ1) is 14.8. The van der Waals surface area contributed by atoms with Crippen molar-refractivity contribution in [1.82, 2.24) is 10.2 Å². The molecule has 0 aliphatic rings. The number of nitrogens with one attached hydrogen (secondary N) is 1. The molecule has 2 atom stereocenters. The zero-order valence-corrected chi connectivity index (χ0v) is 21.7. The van der Waals surface area contributed by atoms with Crippen LogP contribution in [0.15, 0.2) is 12.2 Å². The Morgan fingerprint density at radius 2 is 1.52 bits per heavy atom. The largest absolute Gasteiger partial charge is 0.756 e. The molecule has 0 fully saturated rings. The van der Waals surface area contributed by atoms with Crippen LogP contribution in [0.1, 0.15) is 90.9 Å². The molecule has 0 aromatic carbocycles. The van der Waals surface area contributed by atoms with Gasteiger partial charge in [0.05, 0.1) is 13.2 Å². The first-order valence-electron chi connectivity index (χ1n) is 12.0. The minimum atomic E-state index is -4.29. The fourth-order valence-electron chi connectivity index (χ4n) is 2.71. The fourth-order valence-corrected chi connectivity index (χ4v) is 3.41. The minimum absolute atomic E-state index is 0.0312. The van der Waals surface area contributed by atoms with Gasteiger partial charge in [-0.1, -0.05) is 83.3 Å². The summed E-state index contributed by atoms with van der Waals surface area (Å²) in [6.45, 7) is 4.54. The third-order valence-electron chi connectivity index (χ3n) is 4.72. The molecule has 0 aliphatic carbocycles. The van der Waals surface area contributed by atoms with Crippen LogP contribution in [0.2, 0.25) is 0 Å². The molecule has 188 valence electrons. The van der Waals surface area contributed by atoms with Gasteiger partial charge < -0.3 is 23.9 Å². The summed E-state index contributed by atoms with van der Waals surface area (Å²) in [5.41, 5.74) is 0. The second-order valence-corrected chi connectivity index (χ2v) is 9.49. The Bertz CT molecular complexity index is 436. The zero-order chi connectivity index (χ0) is 23.8. The summed E-state index contributed by atoms with van der Waals surface area (Å²) < 4.78 is 20.0. The maximum atomic E-state index is 11.1. The third kappa shape index (κ3) is 29.7. The normalized spacial score (nSPS) is 14.5. The van der Waals surface area contributed by atoms with E-state index in [9.17, 15) is 9.46 Å². The van der Waals surface area contributed by atoms with Crippen LogP contribution >= 0.6 is 7.82 Å². The van der Waals surface area contributed by atoms with Crippen LogP contribution in [-0.4, -0.2) is 57.1 Å². The molecule has 31 heavy (non-hydrogen) atoms. The van der Waals surface area contributed by atoms with E-state index in [1.54, 1.807) is 19.0 Å². The third-order valence-corrected chi connectivity index (χ3v) is 5.69. The number of allylic oxidation sites excluding steroid dienone is 2. The highest BCUT2D eigenvalue weighted by Crippen LogP contribution is 2.37. The smallest absolute Gasteiger partial charge is 0.268 e. The number of aliphatic hydroxyl groups is 1. The maximum absolute atomic E-state index is 11.1. The van der Waals surface area contributed by atoms with Gasteiger partial charge in [-0.15, -0.1) is 0 Å². The molecular weight excluding hydrogens is 415 g/mol. The number of hydrogen-bond donors (Lipinski definition) is 2. The summed E-state index contributed by atoms with van der Waals surface area (Å²) in [5, 5.41) is 11.4. The lowest BCUT2D eigenvalue weighted by Gasteiger charge is -2.24. The van der Waals surface area contributed by atoms with Crippen molar-refractivity contribution in [3.05, 3.63) is 12.2 Å². The molecule has 0 saturated carbocycles. The minimum Gasteiger partial charge on any atom is -0.756 e. The van der Waals surface area contributed by atoms with E-state index in [1.165, 1.54) is 84.1 Å². The van der Waals surface area contributed by atoms with Crippen molar-refractivity contribution in [2.75, 3.05) is 40.9 Å². The average molecular weight is 466 g/mol. The SMILES string of the molecule is C/C=C/CCCCCCCCCCCCC.CNC(O)COP(=O)([O-])OCCN(C)C. The van der Waals surface area contributed by atoms with Gasteiger partial charge in [0, 0.05) is 6.54 Å². The Morgan fingerprint density at radius 1 is 1.00 bits per heavy atom. The van der Waals surface area contributed by atoms with Gasteiger partial charge in [-0.2, -0.15) is 0 Å². The molecule has 0 rings (SSSR count). The van der Waals surface area contributed by atoms with Crippen molar-refractivity contribution in [2.45, 2.75) is 97.1 Å². The van der Waals surface area contributed by atoms with Crippen LogP contribution in [0.5, 0.6) is 0 Å². The van der Waals surface area contributed by atoms with Gasteiger partial charge in [-0.25, -0.2) is 0 Å². The fraction of sp³-hybridized carbons (Fsp3) is 0.913. The Labute approximate surface area is 192 Å². The molecular formula is C23H50N2O5P-. The first-order valence-corrected chi connectivity index (χ1v) is 13.5. The number of likely N-dealkylation sites (N-methyl/N-ethyl adjacent to an activating group) is 2. The van der Waals surface area contributed by atoms with Gasteiger partial charge >= 0.3 is 0 Å². The van der Waals surface area contributed by atoms with Gasteiger partial charge in [0.2, 0.25) is 0 Å². The standard InChI is InChI=1S/C16H32.C7H19N2O5P/c1-3-5-7-9-11-13-15-16-14-12-10-8-6-4-2;1-8-7(10)6-14-15(11,12)13-5-4-9(2)3/h3,5H,4,6-16H2,1-2H3;7-8,10H,4-6H2,1-3H3,(H,11,12)/p-1/b5-3+;. The Kier molecular flexibility index (Phi) is 25.9. The lowest BCUT2D eigenvalue weighted by Crippen LogP contribution is -2.30. The molecule has 0 bridgehead atoms. The molecule has 0 aromatic heterocycles. The average Bonchev–Trinajstić information content (AvgIpc) is 2.73. The van der Waals surface area contributed by atoms with Crippen molar-refractivity contribution in [3.63, 3.8) is 0 Å². The van der Waals surface area contributed by atoms with Crippen LogP contribution in [0, 0.1) is 0 Å². The molecule has 0 saturated heterocycles. The number of rotatable bonds is 20. The van der Waals surface area contributed by atoms with Crippen molar-refractivity contribution < 1.29 is 23.6 Å². The molecule has 2 unspecified atom stereocenters. The van der Waals surface area contributed by atoms with E-state index < -0.39 is 14.1 Å². The quantitative estimate of drug-likeness (QED) is 0.115. The predicted octanol–water partition coefficient (Wildman–Crippen LogP) is 4.85. The molecule has 7 nitrogen and oxygen atoms in total. The highest BCUT2D eigenvalue weighted by atomic mass is 31.2. The second kappa shape index (κ2) is 24.4. The van der Waals surface area contributed by atoms with Crippen LogP contribution in [0.3, 0.4) is 0 Å². The molecule has 0 aromatic rings. The zero-order valence-electron chi connectivity index (χ0n) is 20.8. The topological polar surface area (TPSA) is 94.1 Å². The van der Waals surface area contributed by atoms with Crippen LogP contribution in [-0.2, 0) is 13.6 Å². The van der Waals surface area contributed by atoms with Crippen molar-refractivity contribution in [1.29, 1.82) is 0 Å². The summed E-state index contributed by atoms with van der Waals surface area (Å²) in [7, 11) is 0.783. The Balaban J connectivity index is 0. The van der Waals surface area contributed by atoms with E-state index >= 15 is 0 Å². The van der Waals surface area contributed by atoms with Crippen LogP contribution in [0.4, 0.5) is 0 Å². The highest BCUT2D eigenvalue weighted by Gasteiger charge is 2.11. The van der Waals surface area contributed by atoms with E-state index in [-0.39, 0.29) is 13.2 Å². The number of phosphoric acid groups is 1. The maximum Gasteiger partial charge on any atom is 0.268 e. The first kappa shape index (κ1) is 32.9. The van der Waals surface area contributed by atoms with Crippen LogP contribution in [0.25, 0.3) is 0 Å². The predicted molar refractivity (Wildman–Crippen MR) is 129 cm³/mol. The van der Waals surface area contributed by atoms with Crippen molar-refractivity contribution >= 4 is 7.82 Å². The van der Waals surface area contributed by atoms with E-state index in [2.05, 4.69) is 40.4 Å². The van der Waals surface area contributed by atoms with Gasteiger partial charge in [-0.05, 0) is 40.9 Å². The summed E-state index contributed by atoms with van der Waals surface area (Å²) in [6.07, 6.45) is 20.6. The monoisotopic (exact) mass is 465 g/mol. The molecule has 0 amide bonds. The highest BCUT2D eigenvalue weighted by molar-refractivity contribution is 7.45. The number of aliphatic hydroxyl groups excluding tert-OH is 1. The number of nitrogens with zero attached hydrogens (tertiary/aromatic N) is 1. The van der Waals surface area contributed by atoms with Crippen molar-refractivity contribution in [3.8, 4) is 0 Å². The molecule has 8 heteroatoms. The second-order valence-electron chi connectivity index (χ2n) is 8.08. The molecule has 0 spiro atoms. The molecule has 0 radical (unpaired) electrons. The summed E-state index contributed by atoms with van der Waals surface area (Å²) in [6, 6.07) is 0. The summed E-state index contributed by atoms with van der Waals surface area (Å²) >= 11 is 0. The van der Waals surface area contributed by atoms with E-state index in [4.69, 9.17) is 5.11 Å². The van der Waals surface area contributed by atoms with Crippen LogP contribution < -0.4 is 10.2 Å². The lowest BCUT2D eigenvalue weighted by molar-refractivity contribution is -0.227. The van der Waals surface area contributed by atoms with E-state index in [0.717, 1.165) is 0 Å². The molecule has 0 aliphatic heterocycles. The van der Waals surface area contributed by atoms with Gasteiger partial charge in [0.1, 0.15) is 6.23 Å². The molecule has 0 heterocycles.